The molecule has 0 N–H and O–H groups in total. The van der Waals surface area contributed by atoms with Gasteiger partial charge in [-0.2, -0.15) is 0 Å². The molecule has 3 nitrogen and oxygen atoms in total. The van der Waals surface area contributed by atoms with Crippen LogP contribution in [0.2, 0.25) is 0 Å². The summed E-state index contributed by atoms with van der Waals surface area (Å²) in [5.74, 6) is 1.71. The Morgan fingerprint density at radius 2 is 2.18 bits per heavy atom. The Labute approximate surface area is 103 Å². The second kappa shape index (κ2) is 4.86. The molecule has 2 rings (SSSR count). The van der Waals surface area contributed by atoms with Gasteiger partial charge in [0.05, 0.1) is 0 Å². The van der Waals surface area contributed by atoms with Crippen molar-refractivity contribution < 1.29 is 4.79 Å². The van der Waals surface area contributed by atoms with Gasteiger partial charge < -0.3 is 4.90 Å². The van der Waals surface area contributed by atoms with E-state index in [1.807, 2.05) is 12.1 Å². The molecule has 0 aliphatic heterocycles. The van der Waals surface area contributed by atoms with Crippen molar-refractivity contribution in [2.75, 3.05) is 11.4 Å². The number of pyridine rings is 1. The number of nitrogens with zero attached hydrogens (tertiary/aromatic N) is 2. The number of anilines is 1. The second-order valence-corrected chi connectivity index (χ2v) is 5.24. The maximum Gasteiger partial charge on any atom is 0.161 e. The van der Waals surface area contributed by atoms with E-state index in [2.05, 4.69) is 23.7 Å². The first-order valence-electron chi connectivity index (χ1n) is 6.31. The Bertz CT molecular complexity index is 393. The fourth-order valence-electron chi connectivity index (χ4n) is 1.97. The minimum atomic E-state index is 0.0749. The summed E-state index contributed by atoms with van der Waals surface area (Å²) in [7, 11) is 0. The van der Waals surface area contributed by atoms with Gasteiger partial charge in [0, 0.05) is 24.3 Å². The molecule has 0 aromatic carbocycles. The highest BCUT2D eigenvalue weighted by Crippen LogP contribution is 2.31. The highest BCUT2D eigenvalue weighted by molar-refractivity contribution is 5.93. The summed E-state index contributed by atoms with van der Waals surface area (Å²) in [4.78, 5) is 18.0. The van der Waals surface area contributed by atoms with Gasteiger partial charge in [-0.25, -0.2) is 4.98 Å². The molecule has 1 aliphatic rings. The zero-order valence-electron chi connectivity index (χ0n) is 10.8. The van der Waals surface area contributed by atoms with Crippen molar-refractivity contribution in [2.45, 2.75) is 39.7 Å². The van der Waals surface area contributed by atoms with Gasteiger partial charge in [-0.05, 0) is 37.8 Å². The van der Waals surface area contributed by atoms with Crippen LogP contribution in [-0.4, -0.2) is 23.4 Å². The van der Waals surface area contributed by atoms with Crippen molar-refractivity contribution in [2.24, 2.45) is 5.92 Å². The third-order valence-corrected chi connectivity index (χ3v) is 3.00. The molecular formula is C14H20N2O. The monoisotopic (exact) mass is 232 g/mol. The third-order valence-electron chi connectivity index (χ3n) is 3.00. The molecule has 3 heteroatoms. The van der Waals surface area contributed by atoms with E-state index in [-0.39, 0.29) is 5.78 Å². The van der Waals surface area contributed by atoms with Crippen LogP contribution in [-0.2, 0) is 0 Å². The number of carbonyl (C=O) groups excluding carboxylic acids is 1. The molecule has 0 unspecified atom stereocenters. The largest absolute Gasteiger partial charge is 0.353 e. The predicted molar refractivity (Wildman–Crippen MR) is 69.4 cm³/mol. The van der Waals surface area contributed by atoms with E-state index in [0.29, 0.717) is 17.5 Å². The van der Waals surface area contributed by atoms with Crippen LogP contribution in [0, 0.1) is 5.92 Å². The minimum Gasteiger partial charge on any atom is -0.353 e. The Morgan fingerprint density at radius 3 is 2.59 bits per heavy atom. The quantitative estimate of drug-likeness (QED) is 0.732. The molecule has 1 saturated carbocycles. The van der Waals surface area contributed by atoms with E-state index in [0.717, 1.165) is 12.4 Å². The average Bonchev–Trinajstić information content (AvgIpc) is 3.09. The lowest BCUT2D eigenvalue weighted by atomic mass is 10.2. The van der Waals surface area contributed by atoms with E-state index >= 15 is 0 Å². The van der Waals surface area contributed by atoms with Crippen LogP contribution < -0.4 is 4.90 Å². The SMILES string of the molecule is CC(=O)c1ccc(N(CC(C)C)C2CC2)nc1. The fraction of sp³-hybridized carbons (Fsp3) is 0.571. The number of hydrogen-bond donors (Lipinski definition) is 0. The van der Waals surface area contributed by atoms with E-state index in [1.54, 1.807) is 13.1 Å². The average molecular weight is 232 g/mol. The number of aromatic nitrogens is 1. The third kappa shape index (κ3) is 3.05. The summed E-state index contributed by atoms with van der Waals surface area (Å²) in [6, 6.07) is 4.51. The number of Topliss-reactive ketones (excluding diaryl/α,β-unsaturated/α-hetero) is 1. The van der Waals surface area contributed by atoms with E-state index in [4.69, 9.17) is 0 Å². The summed E-state index contributed by atoms with van der Waals surface area (Å²) >= 11 is 0. The van der Waals surface area contributed by atoms with Gasteiger partial charge in [-0.15, -0.1) is 0 Å². The van der Waals surface area contributed by atoms with Crippen molar-refractivity contribution in [3.8, 4) is 0 Å². The Balaban J connectivity index is 2.15. The lowest BCUT2D eigenvalue weighted by Crippen LogP contribution is -2.30. The van der Waals surface area contributed by atoms with Crippen LogP contribution in [0.5, 0.6) is 0 Å². The van der Waals surface area contributed by atoms with Crippen molar-refractivity contribution in [1.29, 1.82) is 0 Å². The molecular weight excluding hydrogens is 212 g/mol. The molecule has 0 bridgehead atoms. The first-order chi connectivity index (χ1) is 8.08. The number of rotatable bonds is 5. The molecule has 0 radical (unpaired) electrons. The molecule has 0 atom stereocenters. The zero-order chi connectivity index (χ0) is 12.4. The Kier molecular flexibility index (Phi) is 3.46. The summed E-state index contributed by atoms with van der Waals surface area (Å²) in [5, 5.41) is 0. The topological polar surface area (TPSA) is 33.2 Å². The molecule has 0 spiro atoms. The lowest BCUT2D eigenvalue weighted by Gasteiger charge is -2.25. The molecule has 92 valence electrons. The van der Waals surface area contributed by atoms with Gasteiger partial charge in [0.15, 0.2) is 5.78 Å². The second-order valence-electron chi connectivity index (χ2n) is 5.24. The van der Waals surface area contributed by atoms with Crippen LogP contribution in [0.25, 0.3) is 0 Å². The van der Waals surface area contributed by atoms with E-state index in [9.17, 15) is 4.79 Å². The summed E-state index contributed by atoms with van der Waals surface area (Å²) < 4.78 is 0. The van der Waals surface area contributed by atoms with E-state index < -0.39 is 0 Å². The Hall–Kier alpha value is -1.38. The normalized spacial score (nSPS) is 15.1. The molecule has 1 aromatic heterocycles. The van der Waals surface area contributed by atoms with Crippen LogP contribution in [0.4, 0.5) is 5.82 Å². The number of hydrogen-bond acceptors (Lipinski definition) is 3. The van der Waals surface area contributed by atoms with Gasteiger partial charge in [-0.1, -0.05) is 13.8 Å². The highest BCUT2D eigenvalue weighted by atomic mass is 16.1. The first-order valence-corrected chi connectivity index (χ1v) is 6.31. The number of ketones is 1. The van der Waals surface area contributed by atoms with Crippen molar-refractivity contribution in [3.05, 3.63) is 23.9 Å². The maximum atomic E-state index is 11.2. The van der Waals surface area contributed by atoms with E-state index in [1.165, 1.54) is 12.8 Å². The lowest BCUT2D eigenvalue weighted by molar-refractivity contribution is 0.101. The predicted octanol–water partition coefficient (Wildman–Crippen LogP) is 2.91. The highest BCUT2D eigenvalue weighted by Gasteiger charge is 2.30. The summed E-state index contributed by atoms with van der Waals surface area (Å²) in [5.41, 5.74) is 0.689. The molecule has 1 fully saturated rings. The van der Waals surface area contributed by atoms with Crippen LogP contribution >= 0.6 is 0 Å². The van der Waals surface area contributed by atoms with Crippen LogP contribution in [0.3, 0.4) is 0 Å². The molecule has 17 heavy (non-hydrogen) atoms. The van der Waals surface area contributed by atoms with Gasteiger partial charge in [-0.3, -0.25) is 4.79 Å². The smallest absolute Gasteiger partial charge is 0.161 e. The van der Waals surface area contributed by atoms with Crippen LogP contribution in [0.15, 0.2) is 18.3 Å². The number of carbonyl (C=O) groups is 1. The van der Waals surface area contributed by atoms with Gasteiger partial charge in [0.2, 0.25) is 0 Å². The fourth-order valence-corrected chi connectivity index (χ4v) is 1.97. The molecule has 1 heterocycles. The molecule has 1 aliphatic carbocycles. The summed E-state index contributed by atoms with van der Waals surface area (Å²) in [6.45, 7) is 7.05. The van der Waals surface area contributed by atoms with Crippen molar-refractivity contribution in [3.63, 3.8) is 0 Å². The van der Waals surface area contributed by atoms with Gasteiger partial charge in [0.25, 0.3) is 0 Å². The van der Waals surface area contributed by atoms with Gasteiger partial charge >= 0.3 is 0 Å². The maximum absolute atomic E-state index is 11.2. The zero-order valence-corrected chi connectivity index (χ0v) is 10.8. The van der Waals surface area contributed by atoms with Crippen LogP contribution in [0.1, 0.15) is 44.0 Å². The molecule has 0 amide bonds. The van der Waals surface area contributed by atoms with Crippen molar-refractivity contribution in [1.82, 2.24) is 4.98 Å². The Morgan fingerprint density at radius 1 is 1.47 bits per heavy atom. The van der Waals surface area contributed by atoms with Crippen molar-refractivity contribution >= 4 is 11.6 Å². The first kappa shape index (κ1) is 12.1. The molecule has 1 aromatic rings. The minimum absolute atomic E-state index is 0.0749. The standard InChI is InChI=1S/C14H20N2O/c1-10(2)9-16(13-5-6-13)14-7-4-12(8-15-14)11(3)17/h4,7-8,10,13H,5-6,9H2,1-3H3. The van der Waals surface area contributed by atoms with Gasteiger partial charge in [0.1, 0.15) is 5.82 Å². The molecule has 0 saturated heterocycles. The summed E-state index contributed by atoms with van der Waals surface area (Å²) in [6.07, 6.45) is 4.22.